The number of carboxylic acids is 1. The van der Waals surface area contributed by atoms with Gasteiger partial charge in [0, 0.05) is 17.3 Å². The Morgan fingerprint density at radius 1 is 1.18 bits per heavy atom. The number of nitrogens with zero attached hydrogens (tertiary/aromatic N) is 3. The second-order valence-electron chi connectivity index (χ2n) is 5.86. The van der Waals surface area contributed by atoms with Crippen molar-refractivity contribution in [3.8, 4) is 5.75 Å². The summed E-state index contributed by atoms with van der Waals surface area (Å²) < 4.78 is 29.7. The molecule has 0 radical (unpaired) electrons. The number of hydrogen-bond acceptors (Lipinski definition) is 8. The molecule has 0 aliphatic carbocycles. The topological polar surface area (TPSA) is 119 Å². The van der Waals surface area contributed by atoms with E-state index in [0.29, 0.717) is 27.4 Å². The van der Waals surface area contributed by atoms with Crippen molar-refractivity contribution in [3.63, 3.8) is 0 Å². The Morgan fingerprint density at radius 2 is 2.04 bits per heavy atom. The number of thioether (sulfide) groups is 1. The van der Waals surface area contributed by atoms with Crippen molar-refractivity contribution in [2.75, 3.05) is 5.75 Å². The van der Waals surface area contributed by atoms with Gasteiger partial charge >= 0.3 is 16.1 Å². The molecule has 2 aromatic heterocycles. The van der Waals surface area contributed by atoms with Crippen molar-refractivity contribution in [1.29, 1.82) is 0 Å². The zero-order valence-corrected chi connectivity index (χ0v) is 15.9. The molecule has 0 amide bonds. The average Bonchev–Trinajstić information content (AvgIpc) is 3.19. The van der Waals surface area contributed by atoms with Gasteiger partial charge in [0.1, 0.15) is 10.8 Å². The molecule has 3 aromatic rings. The number of aliphatic carboxylic acids is 1. The van der Waals surface area contributed by atoms with E-state index in [1.54, 1.807) is 36.4 Å². The first-order valence-electron chi connectivity index (χ1n) is 8.12. The van der Waals surface area contributed by atoms with E-state index in [2.05, 4.69) is 15.0 Å². The van der Waals surface area contributed by atoms with Gasteiger partial charge in [-0.3, -0.25) is 4.99 Å². The molecule has 3 heterocycles. The maximum absolute atomic E-state index is 12.3. The van der Waals surface area contributed by atoms with Crippen molar-refractivity contribution in [3.05, 3.63) is 60.4 Å². The van der Waals surface area contributed by atoms with Gasteiger partial charge in [-0.1, -0.05) is 12.1 Å². The Hall–Kier alpha value is -2.98. The van der Waals surface area contributed by atoms with Crippen LogP contribution in [0.25, 0.3) is 10.9 Å². The van der Waals surface area contributed by atoms with Gasteiger partial charge in [0.2, 0.25) is 0 Å². The molecule has 1 atom stereocenters. The summed E-state index contributed by atoms with van der Waals surface area (Å²) in [4.78, 5) is 23.5. The molecular weight excluding hydrogens is 402 g/mol. The van der Waals surface area contributed by atoms with Crippen LogP contribution in [0.3, 0.4) is 0 Å². The van der Waals surface area contributed by atoms with E-state index in [1.807, 2.05) is 0 Å². The number of carboxylic acid groups (broad SMARTS) is 1. The van der Waals surface area contributed by atoms with Gasteiger partial charge in [-0.15, -0.1) is 11.8 Å². The fraction of sp³-hybridized carbons (Fsp3) is 0.111. The van der Waals surface area contributed by atoms with E-state index in [4.69, 9.17) is 9.29 Å². The summed E-state index contributed by atoms with van der Waals surface area (Å²) in [6.07, 6.45) is 1.38. The summed E-state index contributed by atoms with van der Waals surface area (Å²) >= 11 is 1.34. The van der Waals surface area contributed by atoms with Crippen LogP contribution in [0.1, 0.15) is 5.69 Å². The lowest BCUT2D eigenvalue weighted by Gasteiger charge is -2.08. The molecule has 0 spiro atoms. The maximum Gasteiger partial charge on any atom is 0.356 e. The minimum atomic E-state index is -4.03. The predicted octanol–water partition coefficient (Wildman–Crippen LogP) is 2.34. The van der Waals surface area contributed by atoms with Crippen LogP contribution in [0.15, 0.2) is 64.7 Å². The molecule has 4 rings (SSSR count). The molecule has 142 valence electrons. The number of benzene rings is 1. The smallest absolute Gasteiger partial charge is 0.356 e. The van der Waals surface area contributed by atoms with Crippen LogP contribution in [0.5, 0.6) is 5.75 Å². The zero-order chi connectivity index (χ0) is 19.7. The van der Waals surface area contributed by atoms with E-state index in [1.165, 1.54) is 30.1 Å². The molecule has 1 aromatic carbocycles. The number of pyridine rings is 2. The summed E-state index contributed by atoms with van der Waals surface area (Å²) in [5.41, 5.74) is 1.19. The molecule has 0 saturated heterocycles. The lowest BCUT2D eigenvalue weighted by atomic mass is 10.2. The molecule has 10 heteroatoms. The number of rotatable bonds is 5. The Morgan fingerprint density at radius 3 is 2.75 bits per heavy atom. The summed E-state index contributed by atoms with van der Waals surface area (Å²) in [5.74, 6) is -0.437. The summed E-state index contributed by atoms with van der Waals surface area (Å²) in [5, 5.41) is 10.1. The molecule has 28 heavy (non-hydrogen) atoms. The van der Waals surface area contributed by atoms with Crippen LogP contribution >= 0.6 is 11.8 Å². The highest BCUT2D eigenvalue weighted by molar-refractivity contribution is 8.14. The zero-order valence-electron chi connectivity index (χ0n) is 14.2. The van der Waals surface area contributed by atoms with Crippen LogP contribution < -0.4 is 4.18 Å². The summed E-state index contributed by atoms with van der Waals surface area (Å²) in [6.45, 7) is 0. The van der Waals surface area contributed by atoms with Crippen LogP contribution in [-0.2, 0) is 14.9 Å². The van der Waals surface area contributed by atoms with Crippen molar-refractivity contribution >= 4 is 43.8 Å². The highest BCUT2D eigenvalue weighted by atomic mass is 32.2. The fourth-order valence-electron chi connectivity index (χ4n) is 2.58. The molecule has 8 nitrogen and oxygen atoms in total. The van der Waals surface area contributed by atoms with Gasteiger partial charge in [0.15, 0.2) is 11.1 Å². The standard InChI is InChI=1S/C18H13N3O5S2/c22-18(23)15-10-27-17(21-15)14-6-4-11-9-12(5-7-13(11)20-14)26-28(24,25)16-3-1-2-8-19-16/h1-9,15H,10H2,(H,22,23)/t15-/m1/s1. The largest absolute Gasteiger partial charge is 0.480 e. The first-order chi connectivity index (χ1) is 13.4. The normalized spacial score (nSPS) is 16.7. The Bertz CT molecular complexity index is 1200. The number of fused-ring (bicyclic) bond motifs is 1. The lowest BCUT2D eigenvalue weighted by Crippen LogP contribution is -2.17. The number of aromatic nitrogens is 2. The quantitative estimate of drug-likeness (QED) is 0.631. The average molecular weight is 415 g/mol. The Labute approximate surface area is 164 Å². The third kappa shape index (κ3) is 3.69. The van der Waals surface area contributed by atoms with Crippen LogP contribution in [0, 0.1) is 0 Å². The lowest BCUT2D eigenvalue weighted by molar-refractivity contribution is -0.137. The Kier molecular flexibility index (Phi) is 4.73. The van der Waals surface area contributed by atoms with Gasteiger partial charge in [-0.25, -0.2) is 14.8 Å². The van der Waals surface area contributed by atoms with Gasteiger partial charge in [-0.2, -0.15) is 8.42 Å². The molecule has 1 aliphatic rings. The molecule has 0 bridgehead atoms. The van der Waals surface area contributed by atoms with Crippen molar-refractivity contribution in [1.82, 2.24) is 9.97 Å². The first-order valence-corrected chi connectivity index (χ1v) is 10.5. The number of aliphatic imine (C=N–C) groups is 1. The second kappa shape index (κ2) is 7.21. The molecule has 0 fully saturated rings. The first kappa shape index (κ1) is 18.4. The highest BCUT2D eigenvalue weighted by Gasteiger charge is 2.26. The van der Waals surface area contributed by atoms with Gasteiger partial charge in [-0.05, 0) is 36.4 Å². The highest BCUT2D eigenvalue weighted by Crippen LogP contribution is 2.26. The predicted molar refractivity (Wildman–Crippen MR) is 104 cm³/mol. The third-order valence-corrected chi connectivity index (χ3v) is 6.15. The monoisotopic (exact) mass is 415 g/mol. The van der Waals surface area contributed by atoms with Crippen LogP contribution in [-0.4, -0.2) is 46.3 Å². The summed E-state index contributed by atoms with van der Waals surface area (Å²) in [7, 11) is -4.03. The van der Waals surface area contributed by atoms with Crippen LogP contribution in [0.2, 0.25) is 0 Å². The molecular formula is C18H13N3O5S2. The Balaban J connectivity index is 1.61. The van der Waals surface area contributed by atoms with E-state index in [9.17, 15) is 13.2 Å². The minimum absolute atomic E-state index is 0.145. The maximum atomic E-state index is 12.3. The van der Waals surface area contributed by atoms with Crippen molar-refractivity contribution < 1.29 is 22.5 Å². The van der Waals surface area contributed by atoms with Crippen LogP contribution in [0.4, 0.5) is 0 Å². The van der Waals surface area contributed by atoms with E-state index in [-0.39, 0.29) is 10.8 Å². The van der Waals surface area contributed by atoms with Crippen molar-refractivity contribution in [2.45, 2.75) is 11.1 Å². The second-order valence-corrected chi connectivity index (χ2v) is 8.36. The van der Waals surface area contributed by atoms with E-state index >= 15 is 0 Å². The summed E-state index contributed by atoms with van der Waals surface area (Å²) in [6, 6.07) is 12.0. The SMILES string of the molecule is O=C(O)[C@H]1CSC(c2ccc3cc(OS(=O)(=O)c4ccccn4)ccc3n2)=N1. The molecule has 1 N–H and O–H groups in total. The fourth-order valence-corrected chi connectivity index (χ4v) is 4.45. The third-order valence-electron chi connectivity index (χ3n) is 3.92. The number of carbonyl (C=O) groups is 1. The molecule has 1 aliphatic heterocycles. The van der Waals surface area contributed by atoms with E-state index in [0.717, 1.165) is 0 Å². The van der Waals surface area contributed by atoms with E-state index < -0.39 is 22.1 Å². The van der Waals surface area contributed by atoms with Gasteiger partial charge < -0.3 is 9.29 Å². The van der Waals surface area contributed by atoms with Gasteiger partial charge in [0.25, 0.3) is 0 Å². The van der Waals surface area contributed by atoms with Gasteiger partial charge in [0.05, 0.1) is 11.2 Å². The van der Waals surface area contributed by atoms with Crippen molar-refractivity contribution in [2.24, 2.45) is 4.99 Å². The molecule has 0 saturated carbocycles. The number of hydrogen-bond donors (Lipinski definition) is 1. The molecule has 0 unspecified atom stereocenters. The minimum Gasteiger partial charge on any atom is -0.480 e.